The van der Waals surface area contributed by atoms with Crippen molar-refractivity contribution in [2.24, 2.45) is 4.99 Å². The molecule has 2 bridgehead atoms. The summed E-state index contributed by atoms with van der Waals surface area (Å²) in [5, 5.41) is 9.01. The topological polar surface area (TPSA) is 71.8 Å². The molecule has 29 heavy (non-hydrogen) atoms. The number of allylic oxidation sites excluding steroid dienone is 1. The Morgan fingerprint density at radius 1 is 1.21 bits per heavy atom. The number of hydrogen-bond acceptors (Lipinski definition) is 4. The van der Waals surface area contributed by atoms with E-state index in [0.29, 0.717) is 11.8 Å². The van der Waals surface area contributed by atoms with E-state index in [4.69, 9.17) is 19.8 Å². The SMILES string of the molecule is CC1=NC(C)(c2cccc(-c3ccc(OCC(=O)O)c4c3C3CCC4C3)n2)C=C1. The van der Waals surface area contributed by atoms with E-state index in [9.17, 15) is 4.79 Å². The van der Waals surface area contributed by atoms with Crippen LogP contribution in [0.4, 0.5) is 0 Å². The van der Waals surface area contributed by atoms with E-state index in [1.165, 1.54) is 17.5 Å². The Hall–Kier alpha value is -2.95. The number of aliphatic carboxylic acids is 1. The number of carbonyl (C=O) groups is 1. The molecular formula is C24H24N2O3. The lowest BCUT2D eigenvalue weighted by Crippen LogP contribution is -2.16. The normalized spacial score (nSPS) is 26.5. The minimum Gasteiger partial charge on any atom is -0.482 e. The minimum absolute atomic E-state index is 0.307. The fourth-order valence-electron chi connectivity index (χ4n) is 5.20. The molecule has 5 heteroatoms. The van der Waals surface area contributed by atoms with Gasteiger partial charge in [0.1, 0.15) is 11.3 Å². The standard InChI is InChI=1S/C24H24N2O3/c1-14-10-11-24(2,26-14)20-5-3-4-18(25-20)17-8-9-19(29-13-21(27)28)23-16-7-6-15(12-16)22(17)23/h3-5,8-11,15-16H,6-7,12-13H2,1-2H3,(H,27,28). The Bertz CT molecular complexity index is 1070. The van der Waals surface area contributed by atoms with Crippen molar-refractivity contribution in [1.82, 2.24) is 4.98 Å². The molecule has 1 N–H and O–H groups in total. The number of nitrogens with zero attached hydrogens (tertiary/aromatic N) is 2. The number of carboxylic acids is 1. The molecule has 2 aromatic rings. The quantitative estimate of drug-likeness (QED) is 0.797. The fraction of sp³-hybridized carbons (Fsp3) is 0.375. The molecule has 148 valence electrons. The van der Waals surface area contributed by atoms with Gasteiger partial charge in [-0.2, -0.15) is 0 Å². The van der Waals surface area contributed by atoms with Crippen LogP contribution in [0.2, 0.25) is 0 Å². The molecular weight excluding hydrogens is 364 g/mol. The third-order valence-electron chi connectivity index (χ3n) is 6.45. The molecule has 1 aliphatic heterocycles. The van der Waals surface area contributed by atoms with Crippen molar-refractivity contribution in [2.75, 3.05) is 6.61 Å². The largest absolute Gasteiger partial charge is 0.482 e. The van der Waals surface area contributed by atoms with Crippen molar-refractivity contribution in [1.29, 1.82) is 0 Å². The van der Waals surface area contributed by atoms with Crippen molar-refractivity contribution in [2.45, 2.75) is 50.5 Å². The van der Waals surface area contributed by atoms with E-state index in [1.54, 1.807) is 0 Å². The van der Waals surface area contributed by atoms with E-state index in [2.05, 4.69) is 19.1 Å². The Labute approximate surface area is 170 Å². The number of carboxylic acid groups (broad SMARTS) is 1. The van der Waals surface area contributed by atoms with Crippen molar-refractivity contribution >= 4 is 11.7 Å². The number of aliphatic imine (C=N–C) groups is 1. The Balaban J connectivity index is 1.59. The molecule has 0 saturated heterocycles. The van der Waals surface area contributed by atoms with Crippen LogP contribution in [0, 0.1) is 0 Å². The summed E-state index contributed by atoms with van der Waals surface area (Å²) in [5.41, 5.74) is 6.12. The minimum atomic E-state index is -0.950. The van der Waals surface area contributed by atoms with Crippen LogP contribution in [0.3, 0.4) is 0 Å². The third-order valence-corrected chi connectivity index (χ3v) is 6.45. The molecule has 3 atom stereocenters. The van der Waals surface area contributed by atoms with Gasteiger partial charge in [0.2, 0.25) is 0 Å². The van der Waals surface area contributed by atoms with Gasteiger partial charge in [-0.15, -0.1) is 0 Å². The highest BCUT2D eigenvalue weighted by molar-refractivity contribution is 5.95. The summed E-state index contributed by atoms with van der Waals surface area (Å²) < 4.78 is 5.64. The Kier molecular flexibility index (Phi) is 4.09. The van der Waals surface area contributed by atoms with Crippen molar-refractivity contribution in [3.63, 3.8) is 0 Å². The number of hydrogen-bond donors (Lipinski definition) is 1. The predicted octanol–water partition coefficient (Wildman–Crippen LogP) is 4.82. The van der Waals surface area contributed by atoms with Crippen LogP contribution in [0.5, 0.6) is 5.75 Å². The highest BCUT2D eigenvalue weighted by Crippen LogP contribution is 2.58. The van der Waals surface area contributed by atoms with Crippen LogP contribution in [0.25, 0.3) is 11.3 Å². The van der Waals surface area contributed by atoms with Gasteiger partial charge in [-0.3, -0.25) is 4.99 Å². The van der Waals surface area contributed by atoms with E-state index in [1.807, 2.05) is 37.3 Å². The summed E-state index contributed by atoms with van der Waals surface area (Å²) in [6.07, 6.45) is 7.59. The maximum Gasteiger partial charge on any atom is 0.341 e. The molecule has 3 unspecified atom stereocenters. The summed E-state index contributed by atoms with van der Waals surface area (Å²) in [4.78, 5) is 20.7. The second-order valence-electron chi connectivity index (χ2n) is 8.47. The number of ether oxygens (including phenoxy) is 1. The van der Waals surface area contributed by atoms with Gasteiger partial charge < -0.3 is 9.84 Å². The highest BCUT2D eigenvalue weighted by atomic mass is 16.5. The third kappa shape index (κ3) is 2.96. The van der Waals surface area contributed by atoms with Gasteiger partial charge in [0, 0.05) is 16.8 Å². The lowest BCUT2D eigenvalue weighted by atomic mass is 9.86. The first kappa shape index (κ1) is 18.1. The number of aromatic nitrogens is 1. The molecule has 1 saturated carbocycles. The zero-order valence-corrected chi connectivity index (χ0v) is 16.7. The summed E-state index contributed by atoms with van der Waals surface area (Å²) in [6, 6.07) is 10.1. The van der Waals surface area contributed by atoms with Crippen LogP contribution < -0.4 is 4.74 Å². The van der Waals surface area contributed by atoms with Gasteiger partial charge in [0.15, 0.2) is 6.61 Å². The first-order valence-corrected chi connectivity index (χ1v) is 10.2. The molecule has 3 aliphatic rings. The maximum atomic E-state index is 11.0. The first-order chi connectivity index (χ1) is 13.9. The van der Waals surface area contributed by atoms with E-state index in [-0.39, 0.29) is 6.61 Å². The molecule has 0 spiro atoms. The van der Waals surface area contributed by atoms with Gasteiger partial charge in [0.05, 0.1) is 11.4 Å². The molecule has 0 amide bonds. The monoisotopic (exact) mass is 388 g/mol. The maximum absolute atomic E-state index is 11.0. The average molecular weight is 388 g/mol. The Morgan fingerprint density at radius 2 is 2.00 bits per heavy atom. The lowest BCUT2D eigenvalue weighted by Gasteiger charge is -2.23. The summed E-state index contributed by atoms with van der Waals surface area (Å²) in [6.45, 7) is 3.78. The summed E-state index contributed by atoms with van der Waals surface area (Å²) >= 11 is 0. The first-order valence-electron chi connectivity index (χ1n) is 10.2. The van der Waals surface area contributed by atoms with Gasteiger partial charge >= 0.3 is 5.97 Å². The molecule has 5 nitrogen and oxygen atoms in total. The average Bonchev–Trinajstić information content (AvgIpc) is 3.42. The van der Waals surface area contributed by atoms with Gasteiger partial charge in [0.25, 0.3) is 0 Å². The second-order valence-corrected chi connectivity index (χ2v) is 8.47. The van der Waals surface area contributed by atoms with Crippen molar-refractivity contribution < 1.29 is 14.6 Å². The number of fused-ring (bicyclic) bond motifs is 5. The lowest BCUT2D eigenvalue weighted by molar-refractivity contribution is -0.139. The number of rotatable bonds is 5. The molecule has 2 heterocycles. The van der Waals surface area contributed by atoms with Crippen LogP contribution in [-0.4, -0.2) is 28.4 Å². The molecule has 1 fully saturated rings. The van der Waals surface area contributed by atoms with E-state index in [0.717, 1.165) is 41.3 Å². The van der Waals surface area contributed by atoms with Crippen LogP contribution in [-0.2, 0) is 10.3 Å². The second kappa shape index (κ2) is 6.55. The smallest absolute Gasteiger partial charge is 0.341 e. The zero-order valence-electron chi connectivity index (χ0n) is 16.7. The van der Waals surface area contributed by atoms with Gasteiger partial charge in [-0.05, 0) is 86.9 Å². The summed E-state index contributed by atoms with van der Waals surface area (Å²) in [5.74, 6) is 0.741. The number of pyridine rings is 1. The van der Waals surface area contributed by atoms with Gasteiger partial charge in [-0.25, -0.2) is 9.78 Å². The van der Waals surface area contributed by atoms with Crippen LogP contribution >= 0.6 is 0 Å². The fourth-order valence-corrected chi connectivity index (χ4v) is 5.20. The number of benzene rings is 1. The molecule has 1 aromatic carbocycles. The molecule has 0 radical (unpaired) electrons. The highest BCUT2D eigenvalue weighted by Gasteiger charge is 2.41. The van der Waals surface area contributed by atoms with E-state index < -0.39 is 11.5 Å². The van der Waals surface area contributed by atoms with Gasteiger partial charge in [-0.1, -0.05) is 6.07 Å². The van der Waals surface area contributed by atoms with E-state index >= 15 is 0 Å². The Morgan fingerprint density at radius 3 is 2.72 bits per heavy atom. The zero-order chi connectivity index (χ0) is 20.2. The van der Waals surface area contributed by atoms with Crippen molar-refractivity contribution in [3.05, 3.63) is 59.3 Å². The summed E-state index contributed by atoms with van der Waals surface area (Å²) in [7, 11) is 0. The molecule has 2 aliphatic carbocycles. The van der Waals surface area contributed by atoms with Crippen LogP contribution in [0.1, 0.15) is 61.8 Å². The molecule has 1 aromatic heterocycles. The van der Waals surface area contributed by atoms with Crippen molar-refractivity contribution in [3.8, 4) is 17.0 Å². The predicted molar refractivity (Wildman–Crippen MR) is 112 cm³/mol. The van der Waals surface area contributed by atoms with Crippen LogP contribution in [0.15, 0.2) is 47.5 Å². The molecule has 5 rings (SSSR count).